The summed E-state index contributed by atoms with van der Waals surface area (Å²) in [7, 11) is 0. The van der Waals surface area contributed by atoms with Gasteiger partial charge < -0.3 is 15.4 Å². The Hall–Kier alpha value is -3.98. The van der Waals surface area contributed by atoms with Crippen LogP contribution >= 0.6 is 15.9 Å². The van der Waals surface area contributed by atoms with Crippen molar-refractivity contribution in [2.75, 3.05) is 17.2 Å². The Labute approximate surface area is 211 Å². The Morgan fingerprint density at radius 3 is 2.34 bits per heavy atom. The number of para-hydroxylation sites is 1. The molecule has 0 aliphatic heterocycles. The van der Waals surface area contributed by atoms with Gasteiger partial charge in [0.15, 0.2) is 0 Å². The molecule has 8 nitrogen and oxygen atoms in total. The van der Waals surface area contributed by atoms with E-state index >= 15 is 0 Å². The van der Waals surface area contributed by atoms with E-state index in [-0.39, 0.29) is 11.3 Å². The minimum atomic E-state index is -0.969. The van der Waals surface area contributed by atoms with Gasteiger partial charge in [-0.15, -0.1) is 0 Å². The van der Waals surface area contributed by atoms with Gasteiger partial charge in [0.1, 0.15) is 5.75 Å². The number of hydrazone groups is 1. The number of benzene rings is 3. The largest absolute Gasteiger partial charge is 0.494 e. The fourth-order valence-electron chi connectivity index (χ4n) is 2.90. The number of ether oxygens (including phenoxy) is 1. The number of nitrogens with one attached hydrogen (secondary N) is 3. The lowest BCUT2D eigenvalue weighted by molar-refractivity contribution is -0.136. The van der Waals surface area contributed by atoms with Gasteiger partial charge in [-0.1, -0.05) is 41.4 Å². The van der Waals surface area contributed by atoms with Crippen LogP contribution in [0.25, 0.3) is 0 Å². The van der Waals surface area contributed by atoms with Crippen LogP contribution in [0.3, 0.4) is 0 Å². The van der Waals surface area contributed by atoms with Crippen LogP contribution in [0.15, 0.2) is 82.4 Å². The predicted octanol–water partition coefficient (Wildman–Crippen LogP) is 4.97. The van der Waals surface area contributed by atoms with Crippen molar-refractivity contribution in [2.45, 2.75) is 19.8 Å². The summed E-state index contributed by atoms with van der Waals surface area (Å²) in [5.41, 5.74) is 3.91. The van der Waals surface area contributed by atoms with Crippen molar-refractivity contribution in [2.24, 2.45) is 5.10 Å². The SMILES string of the molecule is CCCCOc1ccc(C=NNC(=O)C(=O)Nc2ccccc2C(=O)Nc2ccc(Br)cc2)cc1. The van der Waals surface area contributed by atoms with Crippen molar-refractivity contribution in [3.8, 4) is 5.75 Å². The van der Waals surface area contributed by atoms with Crippen LogP contribution in [0, 0.1) is 0 Å². The first-order chi connectivity index (χ1) is 17.0. The number of hydrogen-bond donors (Lipinski definition) is 3. The molecule has 0 aliphatic carbocycles. The molecule has 3 rings (SSSR count). The highest BCUT2D eigenvalue weighted by Crippen LogP contribution is 2.19. The van der Waals surface area contributed by atoms with Crippen molar-refractivity contribution in [3.05, 3.63) is 88.4 Å². The predicted molar refractivity (Wildman–Crippen MR) is 140 cm³/mol. The Morgan fingerprint density at radius 1 is 0.914 bits per heavy atom. The van der Waals surface area contributed by atoms with E-state index < -0.39 is 17.7 Å². The molecule has 3 aromatic rings. The van der Waals surface area contributed by atoms with Gasteiger partial charge in [0, 0.05) is 10.2 Å². The van der Waals surface area contributed by atoms with Crippen LogP contribution in [0.5, 0.6) is 5.75 Å². The summed E-state index contributed by atoms with van der Waals surface area (Å²) in [6.45, 7) is 2.75. The molecule has 0 saturated heterocycles. The molecule has 0 aromatic heterocycles. The highest BCUT2D eigenvalue weighted by molar-refractivity contribution is 9.10. The Kier molecular flexibility index (Phi) is 9.56. The second-order valence-corrected chi connectivity index (χ2v) is 8.35. The number of unbranched alkanes of at least 4 members (excludes halogenated alkanes) is 1. The maximum atomic E-state index is 12.7. The van der Waals surface area contributed by atoms with Gasteiger partial charge in [0.05, 0.1) is 24.1 Å². The normalized spacial score (nSPS) is 10.6. The topological polar surface area (TPSA) is 109 Å². The van der Waals surface area contributed by atoms with Gasteiger partial charge in [-0.3, -0.25) is 14.4 Å². The molecule has 9 heteroatoms. The molecule has 0 saturated carbocycles. The Morgan fingerprint density at radius 2 is 1.63 bits per heavy atom. The number of amides is 3. The zero-order valence-corrected chi connectivity index (χ0v) is 20.7. The molecule has 35 heavy (non-hydrogen) atoms. The van der Waals surface area contributed by atoms with E-state index in [4.69, 9.17) is 4.74 Å². The summed E-state index contributed by atoms with van der Waals surface area (Å²) >= 11 is 3.34. The first-order valence-electron chi connectivity index (χ1n) is 11.0. The van der Waals surface area contributed by atoms with Crippen molar-refractivity contribution >= 4 is 51.2 Å². The van der Waals surface area contributed by atoms with Crippen molar-refractivity contribution in [1.82, 2.24) is 5.43 Å². The zero-order chi connectivity index (χ0) is 25.0. The van der Waals surface area contributed by atoms with Crippen molar-refractivity contribution in [1.29, 1.82) is 0 Å². The van der Waals surface area contributed by atoms with E-state index in [1.165, 1.54) is 12.3 Å². The fraction of sp³-hybridized carbons (Fsp3) is 0.154. The number of hydrogen-bond acceptors (Lipinski definition) is 5. The molecule has 0 fully saturated rings. The highest BCUT2D eigenvalue weighted by Gasteiger charge is 2.17. The molecule has 0 unspecified atom stereocenters. The number of carbonyl (C=O) groups is 3. The molecule has 0 aliphatic rings. The van der Waals surface area contributed by atoms with Gasteiger partial charge in [0.25, 0.3) is 5.91 Å². The van der Waals surface area contributed by atoms with Crippen molar-refractivity contribution in [3.63, 3.8) is 0 Å². The smallest absolute Gasteiger partial charge is 0.329 e. The zero-order valence-electron chi connectivity index (χ0n) is 19.1. The maximum absolute atomic E-state index is 12.7. The first kappa shape index (κ1) is 25.6. The van der Waals surface area contributed by atoms with Crippen LogP contribution in [0.4, 0.5) is 11.4 Å². The molecule has 0 bridgehead atoms. The van der Waals surface area contributed by atoms with Gasteiger partial charge in [-0.25, -0.2) is 5.43 Å². The Bertz CT molecular complexity index is 1190. The Balaban J connectivity index is 1.55. The standard InChI is InChI=1S/C26H25BrN4O4/c1-2-3-16-35-21-14-8-18(9-15-21)17-28-31-26(34)25(33)30-23-7-5-4-6-22(23)24(32)29-20-12-10-19(27)11-13-20/h4-15,17H,2-3,16H2,1H3,(H,29,32)(H,30,33)(H,31,34). The third-order valence-corrected chi connectivity index (χ3v) is 5.28. The lowest BCUT2D eigenvalue weighted by Crippen LogP contribution is -2.33. The summed E-state index contributed by atoms with van der Waals surface area (Å²) in [6.07, 6.45) is 3.46. The monoisotopic (exact) mass is 536 g/mol. The third kappa shape index (κ3) is 8.08. The van der Waals surface area contributed by atoms with Gasteiger partial charge in [-0.05, 0) is 72.6 Å². The lowest BCUT2D eigenvalue weighted by Gasteiger charge is -2.11. The maximum Gasteiger partial charge on any atom is 0.329 e. The van der Waals surface area contributed by atoms with Crippen LogP contribution in [-0.4, -0.2) is 30.5 Å². The molecule has 0 radical (unpaired) electrons. The number of nitrogens with zero attached hydrogens (tertiary/aromatic N) is 1. The first-order valence-corrected chi connectivity index (χ1v) is 11.8. The van der Waals surface area contributed by atoms with E-state index in [9.17, 15) is 14.4 Å². The quantitative estimate of drug-likeness (QED) is 0.155. The molecule has 3 N–H and O–H groups in total. The lowest BCUT2D eigenvalue weighted by atomic mass is 10.1. The van der Waals surface area contributed by atoms with Gasteiger partial charge >= 0.3 is 11.8 Å². The van der Waals surface area contributed by atoms with E-state index in [1.807, 2.05) is 12.1 Å². The van der Waals surface area contributed by atoms with E-state index in [0.29, 0.717) is 12.3 Å². The minimum Gasteiger partial charge on any atom is -0.494 e. The molecule has 0 atom stereocenters. The van der Waals surface area contributed by atoms with Crippen LogP contribution in [0.1, 0.15) is 35.7 Å². The average molecular weight is 537 g/mol. The summed E-state index contributed by atoms with van der Waals surface area (Å²) in [4.78, 5) is 37.2. The molecule has 0 spiro atoms. The number of carbonyl (C=O) groups excluding carboxylic acids is 3. The summed E-state index contributed by atoms with van der Waals surface area (Å²) in [5.74, 6) is -1.60. The summed E-state index contributed by atoms with van der Waals surface area (Å²) in [5, 5.41) is 9.03. The number of halogens is 1. The summed E-state index contributed by atoms with van der Waals surface area (Å²) in [6, 6.07) is 20.7. The summed E-state index contributed by atoms with van der Waals surface area (Å²) < 4.78 is 6.48. The van der Waals surface area contributed by atoms with Gasteiger partial charge in [-0.2, -0.15) is 5.10 Å². The molecular formula is C26H25BrN4O4. The second kappa shape index (κ2) is 13.0. The van der Waals surface area contributed by atoms with Crippen molar-refractivity contribution < 1.29 is 19.1 Å². The minimum absolute atomic E-state index is 0.199. The van der Waals surface area contributed by atoms with Gasteiger partial charge in [0.2, 0.25) is 0 Å². The second-order valence-electron chi connectivity index (χ2n) is 7.43. The average Bonchev–Trinajstić information content (AvgIpc) is 2.86. The molecule has 180 valence electrons. The van der Waals surface area contributed by atoms with Crippen LogP contribution in [-0.2, 0) is 9.59 Å². The number of anilines is 2. The van der Waals surface area contributed by atoms with Crippen LogP contribution < -0.4 is 20.8 Å². The van der Waals surface area contributed by atoms with E-state index in [1.54, 1.807) is 54.6 Å². The van der Waals surface area contributed by atoms with E-state index in [2.05, 4.69) is 44.0 Å². The molecule has 3 aromatic carbocycles. The molecular weight excluding hydrogens is 512 g/mol. The van der Waals surface area contributed by atoms with Crippen LogP contribution in [0.2, 0.25) is 0 Å². The molecule has 3 amide bonds. The highest BCUT2D eigenvalue weighted by atomic mass is 79.9. The third-order valence-electron chi connectivity index (χ3n) is 4.75. The fourth-order valence-corrected chi connectivity index (χ4v) is 3.17. The molecule has 0 heterocycles. The number of rotatable bonds is 9. The van der Waals surface area contributed by atoms with E-state index in [0.717, 1.165) is 28.6 Å².